The van der Waals surface area contributed by atoms with Crippen molar-refractivity contribution in [2.24, 2.45) is 7.05 Å². The van der Waals surface area contributed by atoms with Crippen LogP contribution >= 0.6 is 0 Å². The van der Waals surface area contributed by atoms with Gasteiger partial charge in [-0.05, 0) is 12.5 Å². The number of anilines is 1. The number of hydrogen-bond acceptors (Lipinski definition) is 3. The summed E-state index contributed by atoms with van der Waals surface area (Å²) in [6.45, 7) is 2.11. The third-order valence-electron chi connectivity index (χ3n) is 2.73. The summed E-state index contributed by atoms with van der Waals surface area (Å²) in [5.74, 6) is 3.50. The van der Waals surface area contributed by atoms with Crippen molar-refractivity contribution in [2.75, 3.05) is 5.32 Å². The minimum atomic E-state index is 0.0140. The standard InChI is InChI=1S/C13H16N4/c1-4-6-10(5-2)16-13-12-11(7-8-14-13)17(3)9-15-12/h2,7-10H,4,6H2,1,3H3,(H,14,16). The fraction of sp³-hybridized carbons (Fsp3) is 0.385. The monoisotopic (exact) mass is 228 g/mol. The first kappa shape index (κ1) is 11.5. The van der Waals surface area contributed by atoms with Crippen molar-refractivity contribution in [3.05, 3.63) is 18.6 Å². The number of hydrogen-bond donors (Lipinski definition) is 1. The van der Waals surface area contributed by atoms with E-state index in [4.69, 9.17) is 6.42 Å². The molecule has 0 bridgehead atoms. The maximum atomic E-state index is 5.49. The molecule has 2 aromatic rings. The van der Waals surface area contributed by atoms with Gasteiger partial charge in [0.05, 0.1) is 17.9 Å². The summed E-state index contributed by atoms with van der Waals surface area (Å²) >= 11 is 0. The zero-order valence-electron chi connectivity index (χ0n) is 10.1. The first-order valence-electron chi connectivity index (χ1n) is 5.75. The van der Waals surface area contributed by atoms with E-state index in [-0.39, 0.29) is 6.04 Å². The second-order valence-electron chi connectivity index (χ2n) is 4.04. The molecule has 0 saturated carbocycles. The van der Waals surface area contributed by atoms with E-state index in [0.717, 1.165) is 29.7 Å². The lowest BCUT2D eigenvalue weighted by molar-refractivity contribution is 0.753. The van der Waals surface area contributed by atoms with Gasteiger partial charge in [0, 0.05) is 13.2 Å². The van der Waals surface area contributed by atoms with E-state index in [1.165, 1.54) is 0 Å². The van der Waals surface area contributed by atoms with Gasteiger partial charge in [-0.2, -0.15) is 0 Å². The zero-order chi connectivity index (χ0) is 12.3. The maximum absolute atomic E-state index is 5.49. The van der Waals surface area contributed by atoms with Gasteiger partial charge in [0.1, 0.15) is 5.52 Å². The third-order valence-corrected chi connectivity index (χ3v) is 2.73. The molecule has 2 rings (SSSR count). The molecule has 2 aromatic heterocycles. The van der Waals surface area contributed by atoms with Gasteiger partial charge in [0.2, 0.25) is 0 Å². The highest BCUT2D eigenvalue weighted by Crippen LogP contribution is 2.19. The van der Waals surface area contributed by atoms with Crippen LogP contribution in [0.4, 0.5) is 5.82 Å². The Morgan fingerprint density at radius 3 is 3.06 bits per heavy atom. The van der Waals surface area contributed by atoms with Crippen molar-refractivity contribution in [1.29, 1.82) is 0 Å². The highest BCUT2D eigenvalue weighted by atomic mass is 15.1. The number of fused-ring (bicyclic) bond motifs is 1. The number of aryl methyl sites for hydroxylation is 1. The molecule has 4 nitrogen and oxygen atoms in total. The lowest BCUT2D eigenvalue weighted by atomic mass is 10.2. The Morgan fingerprint density at radius 1 is 1.53 bits per heavy atom. The van der Waals surface area contributed by atoms with Gasteiger partial charge in [-0.1, -0.05) is 19.3 Å². The molecule has 1 N–H and O–H groups in total. The Kier molecular flexibility index (Phi) is 3.29. The summed E-state index contributed by atoms with van der Waals surface area (Å²) in [7, 11) is 1.96. The van der Waals surface area contributed by atoms with Gasteiger partial charge < -0.3 is 9.88 Å². The van der Waals surface area contributed by atoms with Crippen LogP contribution in [0.2, 0.25) is 0 Å². The van der Waals surface area contributed by atoms with Gasteiger partial charge in [-0.3, -0.25) is 0 Å². The highest BCUT2D eigenvalue weighted by Gasteiger charge is 2.10. The summed E-state index contributed by atoms with van der Waals surface area (Å²) < 4.78 is 1.97. The molecule has 1 atom stereocenters. The molecule has 0 aromatic carbocycles. The summed E-state index contributed by atoms with van der Waals surface area (Å²) in [6.07, 6.45) is 11.0. The quantitative estimate of drug-likeness (QED) is 0.816. The lowest BCUT2D eigenvalue weighted by Gasteiger charge is -2.12. The normalized spacial score (nSPS) is 12.3. The molecular weight excluding hydrogens is 212 g/mol. The van der Waals surface area contributed by atoms with Crippen molar-refractivity contribution < 1.29 is 0 Å². The molecule has 2 heterocycles. The number of aromatic nitrogens is 3. The van der Waals surface area contributed by atoms with Gasteiger partial charge in [0.25, 0.3) is 0 Å². The van der Waals surface area contributed by atoms with E-state index in [2.05, 4.69) is 28.1 Å². The summed E-state index contributed by atoms with van der Waals surface area (Å²) in [6, 6.07) is 1.96. The molecule has 0 aliphatic heterocycles. The molecule has 0 fully saturated rings. The van der Waals surface area contributed by atoms with E-state index in [1.54, 1.807) is 12.5 Å². The first-order chi connectivity index (χ1) is 8.26. The molecule has 0 spiro atoms. The molecule has 0 saturated heterocycles. The molecule has 0 amide bonds. The molecule has 88 valence electrons. The molecule has 0 aliphatic carbocycles. The number of pyridine rings is 1. The Bertz CT molecular complexity index is 550. The summed E-state index contributed by atoms with van der Waals surface area (Å²) in [5, 5.41) is 3.26. The fourth-order valence-corrected chi connectivity index (χ4v) is 1.82. The molecule has 4 heteroatoms. The van der Waals surface area contributed by atoms with Gasteiger partial charge in [-0.25, -0.2) is 9.97 Å². The van der Waals surface area contributed by atoms with Crippen molar-refractivity contribution in [3.8, 4) is 12.3 Å². The predicted octanol–water partition coefficient (Wildman–Crippen LogP) is 2.18. The van der Waals surface area contributed by atoms with E-state index >= 15 is 0 Å². The van der Waals surface area contributed by atoms with Crippen LogP contribution < -0.4 is 5.32 Å². The molecule has 0 radical (unpaired) electrons. The van der Waals surface area contributed by atoms with E-state index in [1.807, 2.05) is 17.7 Å². The third kappa shape index (κ3) is 2.23. The second-order valence-corrected chi connectivity index (χ2v) is 4.04. The molecular formula is C13H16N4. The van der Waals surface area contributed by atoms with Crippen LogP contribution in [-0.4, -0.2) is 20.6 Å². The van der Waals surface area contributed by atoms with Crippen LogP contribution in [0, 0.1) is 12.3 Å². The Hall–Kier alpha value is -2.02. The Labute approximate surface area is 101 Å². The van der Waals surface area contributed by atoms with Crippen LogP contribution in [0.3, 0.4) is 0 Å². The molecule has 17 heavy (non-hydrogen) atoms. The SMILES string of the molecule is C#CC(CCC)Nc1nccc2c1ncn2C. The first-order valence-corrected chi connectivity index (χ1v) is 5.75. The lowest BCUT2D eigenvalue weighted by Crippen LogP contribution is -2.17. The number of nitrogens with zero attached hydrogens (tertiary/aromatic N) is 3. The molecule has 1 unspecified atom stereocenters. The smallest absolute Gasteiger partial charge is 0.155 e. The van der Waals surface area contributed by atoms with Crippen molar-refractivity contribution in [2.45, 2.75) is 25.8 Å². The van der Waals surface area contributed by atoms with Crippen molar-refractivity contribution in [1.82, 2.24) is 14.5 Å². The fourth-order valence-electron chi connectivity index (χ4n) is 1.82. The second kappa shape index (κ2) is 4.88. The van der Waals surface area contributed by atoms with Gasteiger partial charge >= 0.3 is 0 Å². The number of nitrogens with one attached hydrogen (secondary N) is 1. The Morgan fingerprint density at radius 2 is 2.35 bits per heavy atom. The van der Waals surface area contributed by atoms with Gasteiger partial charge in [0.15, 0.2) is 5.82 Å². The minimum Gasteiger partial charge on any atom is -0.355 e. The van der Waals surface area contributed by atoms with E-state index in [0.29, 0.717) is 0 Å². The van der Waals surface area contributed by atoms with Crippen LogP contribution in [-0.2, 0) is 7.05 Å². The van der Waals surface area contributed by atoms with Crippen molar-refractivity contribution in [3.63, 3.8) is 0 Å². The van der Waals surface area contributed by atoms with Crippen LogP contribution in [0.25, 0.3) is 11.0 Å². The summed E-state index contributed by atoms with van der Waals surface area (Å²) in [4.78, 5) is 8.64. The number of rotatable bonds is 4. The maximum Gasteiger partial charge on any atom is 0.155 e. The summed E-state index contributed by atoms with van der Waals surface area (Å²) in [5.41, 5.74) is 1.92. The van der Waals surface area contributed by atoms with Crippen LogP contribution in [0.1, 0.15) is 19.8 Å². The molecule has 0 aliphatic rings. The number of imidazole rings is 1. The van der Waals surface area contributed by atoms with Crippen LogP contribution in [0.5, 0.6) is 0 Å². The average Bonchev–Trinajstić information content (AvgIpc) is 2.72. The van der Waals surface area contributed by atoms with Gasteiger partial charge in [-0.15, -0.1) is 6.42 Å². The van der Waals surface area contributed by atoms with Crippen molar-refractivity contribution >= 4 is 16.9 Å². The highest BCUT2D eigenvalue weighted by molar-refractivity contribution is 5.85. The van der Waals surface area contributed by atoms with E-state index in [9.17, 15) is 0 Å². The Balaban J connectivity index is 2.33. The van der Waals surface area contributed by atoms with Crippen LogP contribution in [0.15, 0.2) is 18.6 Å². The minimum absolute atomic E-state index is 0.0140. The topological polar surface area (TPSA) is 42.7 Å². The van der Waals surface area contributed by atoms with E-state index < -0.39 is 0 Å². The largest absolute Gasteiger partial charge is 0.355 e. The number of terminal acetylenes is 1. The zero-order valence-corrected chi connectivity index (χ0v) is 10.1. The predicted molar refractivity (Wildman–Crippen MR) is 69.7 cm³/mol. The average molecular weight is 228 g/mol.